The Morgan fingerprint density at radius 3 is 2.76 bits per heavy atom. The van der Waals surface area contributed by atoms with Gasteiger partial charge in [0.2, 0.25) is 0 Å². The highest BCUT2D eigenvalue weighted by Gasteiger charge is 2.26. The minimum atomic E-state index is -0.493. The Balaban J connectivity index is 1.98. The Labute approximate surface area is 128 Å². The van der Waals surface area contributed by atoms with Gasteiger partial charge < -0.3 is 15.0 Å². The van der Waals surface area contributed by atoms with Gasteiger partial charge in [0.25, 0.3) is 5.56 Å². The van der Waals surface area contributed by atoms with Gasteiger partial charge in [-0.2, -0.15) is 0 Å². The number of hydrogen-bond acceptors (Lipinski definition) is 3. The molecular weight excluding hydrogens is 288 g/mol. The molecule has 110 valence electrons. The average Bonchev–Trinajstić information content (AvgIpc) is 3.31. The molecule has 0 saturated heterocycles. The molecule has 2 aromatic rings. The second-order valence-corrected chi connectivity index (χ2v) is 5.69. The molecule has 1 aromatic heterocycles. The minimum absolute atomic E-state index is 0.0144. The Bertz CT molecular complexity index is 722. The Kier molecular flexibility index (Phi) is 3.74. The smallest absolute Gasteiger partial charge is 0.255 e. The van der Waals surface area contributed by atoms with Gasteiger partial charge in [-0.1, -0.05) is 23.7 Å². The largest absolute Gasteiger partial charge is 0.495 e. The maximum atomic E-state index is 12.5. The summed E-state index contributed by atoms with van der Waals surface area (Å²) < 4.78 is 6.91. The zero-order valence-corrected chi connectivity index (χ0v) is 12.5. The van der Waals surface area contributed by atoms with E-state index in [0.717, 1.165) is 18.4 Å². The van der Waals surface area contributed by atoms with Crippen LogP contribution in [0.25, 0.3) is 0 Å². The van der Waals surface area contributed by atoms with Crippen LogP contribution in [0.2, 0.25) is 5.02 Å². The van der Waals surface area contributed by atoms with Gasteiger partial charge in [-0.15, -0.1) is 0 Å². The summed E-state index contributed by atoms with van der Waals surface area (Å²) in [7, 11) is 1.56. The number of aromatic nitrogens is 1. The van der Waals surface area contributed by atoms with Crippen LogP contribution in [-0.4, -0.2) is 11.7 Å². The van der Waals surface area contributed by atoms with Crippen LogP contribution < -0.4 is 16.0 Å². The molecule has 1 aliphatic rings. The first-order valence-electron chi connectivity index (χ1n) is 6.92. The van der Waals surface area contributed by atoms with E-state index < -0.39 is 6.04 Å². The van der Waals surface area contributed by atoms with Crippen molar-refractivity contribution < 1.29 is 4.74 Å². The predicted octanol–water partition coefficient (Wildman–Crippen LogP) is 2.89. The van der Waals surface area contributed by atoms with Gasteiger partial charge in [0.05, 0.1) is 18.2 Å². The van der Waals surface area contributed by atoms with Crippen LogP contribution in [0.15, 0.2) is 41.3 Å². The first-order valence-corrected chi connectivity index (χ1v) is 7.29. The zero-order valence-electron chi connectivity index (χ0n) is 11.8. The highest BCUT2D eigenvalue weighted by Crippen LogP contribution is 2.34. The summed E-state index contributed by atoms with van der Waals surface area (Å²) in [6.07, 6.45) is 3.96. The lowest BCUT2D eigenvalue weighted by Crippen LogP contribution is -2.27. The maximum absolute atomic E-state index is 12.5. The van der Waals surface area contributed by atoms with Crippen molar-refractivity contribution in [1.29, 1.82) is 0 Å². The van der Waals surface area contributed by atoms with Crippen LogP contribution in [0.3, 0.4) is 0 Å². The molecule has 1 unspecified atom stereocenters. The summed E-state index contributed by atoms with van der Waals surface area (Å²) >= 11 is 6.13. The van der Waals surface area contributed by atoms with E-state index in [4.69, 9.17) is 22.1 Å². The molecule has 1 fully saturated rings. The molecule has 4 nitrogen and oxygen atoms in total. The SMILES string of the molecule is COc1ccc(C(N)c2cccn(C3CC3)c2=O)cc1Cl. The Morgan fingerprint density at radius 2 is 2.14 bits per heavy atom. The minimum Gasteiger partial charge on any atom is -0.495 e. The van der Waals surface area contributed by atoms with Crippen LogP contribution in [-0.2, 0) is 0 Å². The second kappa shape index (κ2) is 5.54. The lowest BCUT2D eigenvalue weighted by molar-refractivity contribution is 0.415. The number of nitrogens with two attached hydrogens (primary N) is 1. The molecule has 5 heteroatoms. The van der Waals surface area contributed by atoms with E-state index in [1.54, 1.807) is 29.9 Å². The number of ether oxygens (including phenoxy) is 1. The molecule has 0 bridgehead atoms. The molecular formula is C16H17ClN2O2. The summed E-state index contributed by atoms with van der Waals surface area (Å²) in [4.78, 5) is 12.5. The van der Waals surface area contributed by atoms with Gasteiger partial charge in [0.15, 0.2) is 0 Å². The van der Waals surface area contributed by atoms with Crippen LogP contribution in [0.4, 0.5) is 0 Å². The fourth-order valence-corrected chi connectivity index (χ4v) is 2.73. The molecule has 1 heterocycles. The molecule has 0 radical (unpaired) electrons. The van der Waals surface area contributed by atoms with Crippen LogP contribution in [0.5, 0.6) is 5.75 Å². The first-order chi connectivity index (χ1) is 10.1. The van der Waals surface area contributed by atoms with Crippen molar-refractivity contribution in [1.82, 2.24) is 4.57 Å². The van der Waals surface area contributed by atoms with Crippen molar-refractivity contribution >= 4 is 11.6 Å². The van der Waals surface area contributed by atoms with E-state index in [1.807, 2.05) is 18.3 Å². The molecule has 1 saturated carbocycles. The topological polar surface area (TPSA) is 57.2 Å². The Morgan fingerprint density at radius 1 is 1.38 bits per heavy atom. The molecule has 21 heavy (non-hydrogen) atoms. The number of nitrogens with zero attached hydrogens (tertiary/aromatic N) is 1. The number of hydrogen-bond donors (Lipinski definition) is 1. The molecule has 3 rings (SSSR count). The number of rotatable bonds is 4. The first kappa shape index (κ1) is 14.2. The number of pyridine rings is 1. The molecule has 1 atom stereocenters. The van der Waals surface area contributed by atoms with Gasteiger partial charge in [-0.05, 0) is 36.6 Å². The summed E-state index contributed by atoms with van der Waals surface area (Å²) in [6.45, 7) is 0. The molecule has 2 N–H and O–H groups in total. The highest BCUT2D eigenvalue weighted by atomic mass is 35.5. The quantitative estimate of drug-likeness (QED) is 0.945. The molecule has 1 aliphatic carbocycles. The van der Waals surface area contributed by atoms with Gasteiger partial charge in [-0.25, -0.2) is 0 Å². The van der Waals surface area contributed by atoms with Gasteiger partial charge in [0, 0.05) is 17.8 Å². The van der Waals surface area contributed by atoms with Crippen molar-refractivity contribution in [3.05, 3.63) is 63.0 Å². The van der Waals surface area contributed by atoms with E-state index in [2.05, 4.69) is 0 Å². The van der Waals surface area contributed by atoms with Crippen LogP contribution in [0, 0.1) is 0 Å². The van der Waals surface area contributed by atoms with E-state index in [9.17, 15) is 4.79 Å². The van der Waals surface area contributed by atoms with E-state index in [0.29, 0.717) is 22.4 Å². The second-order valence-electron chi connectivity index (χ2n) is 5.28. The fraction of sp³-hybridized carbons (Fsp3) is 0.312. The standard InChI is InChI=1S/C16H17ClN2O2/c1-21-14-7-4-10(9-13(14)17)15(18)12-3-2-8-19(16(12)20)11-5-6-11/h2-4,7-9,11,15H,5-6,18H2,1H3. The third-order valence-corrected chi connectivity index (χ3v) is 4.11. The lowest BCUT2D eigenvalue weighted by Gasteiger charge is -2.15. The number of methoxy groups -OCH3 is 1. The maximum Gasteiger partial charge on any atom is 0.255 e. The predicted molar refractivity (Wildman–Crippen MR) is 83.0 cm³/mol. The van der Waals surface area contributed by atoms with Gasteiger partial charge in [0.1, 0.15) is 5.75 Å². The lowest BCUT2D eigenvalue weighted by atomic mass is 10.0. The van der Waals surface area contributed by atoms with Crippen molar-refractivity contribution in [2.24, 2.45) is 5.73 Å². The van der Waals surface area contributed by atoms with Crippen LogP contribution in [0.1, 0.15) is 36.1 Å². The molecule has 1 aromatic carbocycles. The third-order valence-electron chi connectivity index (χ3n) is 3.81. The Hall–Kier alpha value is -1.78. The van der Waals surface area contributed by atoms with Gasteiger partial charge in [-0.3, -0.25) is 4.79 Å². The summed E-state index contributed by atoms with van der Waals surface area (Å²) in [6, 6.07) is 8.85. The van der Waals surface area contributed by atoms with Crippen molar-refractivity contribution in [3.8, 4) is 5.75 Å². The third kappa shape index (κ3) is 2.69. The molecule has 0 aliphatic heterocycles. The number of benzene rings is 1. The van der Waals surface area contributed by atoms with Crippen molar-refractivity contribution in [2.75, 3.05) is 7.11 Å². The van der Waals surface area contributed by atoms with Crippen molar-refractivity contribution in [2.45, 2.75) is 24.9 Å². The molecule has 0 spiro atoms. The summed E-state index contributed by atoms with van der Waals surface area (Å²) in [5.41, 5.74) is 7.63. The normalized spacial score (nSPS) is 15.8. The molecule has 0 amide bonds. The average molecular weight is 305 g/mol. The van der Waals surface area contributed by atoms with E-state index in [-0.39, 0.29) is 5.56 Å². The van der Waals surface area contributed by atoms with E-state index in [1.165, 1.54) is 0 Å². The summed E-state index contributed by atoms with van der Waals surface area (Å²) in [5.74, 6) is 0.594. The highest BCUT2D eigenvalue weighted by molar-refractivity contribution is 6.32. The number of halogens is 1. The van der Waals surface area contributed by atoms with E-state index >= 15 is 0 Å². The fourth-order valence-electron chi connectivity index (χ4n) is 2.46. The summed E-state index contributed by atoms with van der Waals surface area (Å²) in [5, 5.41) is 0.490. The van der Waals surface area contributed by atoms with Crippen LogP contribution >= 0.6 is 11.6 Å². The van der Waals surface area contributed by atoms with Gasteiger partial charge >= 0.3 is 0 Å². The zero-order chi connectivity index (χ0) is 15.0. The van der Waals surface area contributed by atoms with Crippen molar-refractivity contribution in [3.63, 3.8) is 0 Å². The monoisotopic (exact) mass is 304 g/mol.